The molecule has 40 heavy (non-hydrogen) atoms. The quantitative estimate of drug-likeness (QED) is 0.331. The van der Waals surface area contributed by atoms with E-state index >= 15 is 0 Å². The Balaban J connectivity index is 1.39. The molecular weight excluding hydrogens is 512 g/mol. The maximum Gasteiger partial charge on any atom is 0.253 e. The molecule has 1 aliphatic rings. The molecule has 5 aromatic rings. The summed E-state index contributed by atoms with van der Waals surface area (Å²) in [6, 6.07) is 20.4. The van der Waals surface area contributed by atoms with E-state index < -0.39 is 6.04 Å². The number of hydrogen-bond acceptors (Lipinski definition) is 6. The van der Waals surface area contributed by atoms with Crippen molar-refractivity contribution in [3.8, 4) is 0 Å². The number of aromatic nitrogens is 5. The Bertz CT molecular complexity index is 1690. The van der Waals surface area contributed by atoms with Gasteiger partial charge in [0.1, 0.15) is 17.7 Å². The predicted octanol–water partition coefficient (Wildman–Crippen LogP) is 4.32. The Morgan fingerprint density at radius 2 is 1.68 bits per heavy atom. The number of nitrogens with one attached hydrogen (secondary N) is 1. The number of rotatable bonds is 7. The fourth-order valence-electron chi connectivity index (χ4n) is 5.41. The largest absolute Gasteiger partial charge is 0.367 e. The Hall–Kier alpha value is -4.44. The van der Waals surface area contributed by atoms with Gasteiger partial charge in [-0.15, -0.1) is 5.10 Å². The Labute approximate surface area is 229 Å². The molecular formula is C30H29F2N7O. The van der Waals surface area contributed by atoms with E-state index in [2.05, 4.69) is 38.4 Å². The molecule has 3 heterocycles. The first-order valence-electron chi connectivity index (χ1n) is 13.4. The summed E-state index contributed by atoms with van der Waals surface area (Å²) in [7, 11) is 0. The molecule has 204 valence electrons. The third-order valence-corrected chi connectivity index (χ3v) is 7.56. The van der Waals surface area contributed by atoms with E-state index in [1.54, 1.807) is 28.9 Å². The van der Waals surface area contributed by atoms with Crippen molar-refractivity contribution >= 4 is 16.6 Å². The number of benzene rings is 3. The Morgan fingerprint density at radius 3 is 2.42 bits per heavy atom. The summed E-state index contributed by atoms with van der Waals surface area (Å²) in [6.07, 6.45) is 0.877. The van der Waals surface area contributed by atoms with Crippen molar-refractivity contribution in [3.63, 3.8) is 0 Å². The molecule has 0 bridgehead atoms. The van der Waals surface area contributed by atoms with Gasteiger partial charge in [-0.2, -0.15) is 0 Å². The highest BCUT2D eigenvalue weighted by molar-refractivity contribution is 5.80. The number of hydrogen-bond donors (Lipinski definition) is 1. The van der Waals surface area contributed by atoms with E-state index in [1.807, 2.05) is 29.2 Å². The Kier molecular flexibility index (Phi) is 7.08. The summed E-state index contributed by atoms with van der Waals surface area (Å²) in [6.45, 7) is 4.68. The normalized spacial score (nSPS) is 15.0. The average molecular weight is 542 g/mol. The van der Waals surface area contributed by atoms with Gasteiger partial charge < -0.3 is 9.88 Å². The number of piperazine rings is 1. The van der Waals surface area contributed by atoms with E-state index in [0.717, 1.165) is 22.9 Å². The third-order valence-electron chi connectivity index (χ3n) is 7.56. The molecule has 1 saturated heterocycles. The molecule has 6 rings (SSSR count). The van der Waals surface area contributed by atoms with Crippen molar-refractivity contribution in [3.05, 3.63) is 117 Å². The van der Waals surface area contributed by atoms with Gasteiger partial charge in [0, 0.05) is 37.3 Å². The lowest BCUT2D eigenvalue weighted by molar-refractivity contribution is 0.200. The van der Waals surface area contributed by atoms with Gasteiger partial charge in [-0.05, 0) is 75.8 Å². The maximum atomic E-state index is 14.5. The summed E-state index contributed by atoms with van der Waals surface area (Å²) >= 11 is 0. The minimum Gasteiger partial charge on any atom is -0.367 e. The second-order valence-corrected chi connectivity index (χ2v) is 10.0. The number of tetrazole rings is 1. The van der Waals surface area contributed by atoms with Crippen LogP contribution in [0.4, 0.5) is 14.5 Å². The highest BCUT2D eigenvalue weighted by atomic mass is 19.1. The lowest BCUT2D eigenvalue weighted by Crippen LogP contribution is -2.49. The topological polar surface area (TPSA) is 82.9 Å². The summed E-state index contributed by atoms with van der Waals surface area (Å²) in [4.78, 5) is 20.8. The van der Waals surface area contributed by atoms with Crippen molar-refractivity contribution in [2.75, 3.05) is 31.1 Å². The lowest BCUT2D eigenvalue weighted by atomic mass is 10.0. The number of pyridine rings is 1. The zero-order valence-corrected chi connectivity index (χ0v) is 22.1. The SMILES string of the molecule is CCc1ccc2[nH]c(=O)c([C@H](c3nnnn3Cc3ccc(F)cc3)N3CCN(c4ccccc4F)CC3)cc2c1. The van der Waals surface area contributed by atoms with Crippen LogP contribution in [0.15, 0.2) is 77.6 Å². The number of halogens is 2. The Morgan fingerprint density at radius 1 is 0.925 bits per heavy atom. The molecule has 0 spiro atoms. The number of H-pyrrole nitrogens is 1. The van der Waals surface area contributed by atoms with Crippen LogP contribution in [0.25, 0.3) is 10.9 Å². The fourth-order valence-corrected chi connectivity index (χ4v) is 5.41. The molecule has 1 aliphatic heterocycles. The van der Waals surface area contributed by atoms with Crippen LogP contribution in [0.3, 0.4) is 0 Å². The van der Waals surface area contributed by atoms with Crippen molar-refractivity contribution in [2.45, 2.75) is 25.9 Å². The predicted molar refractivity (Wildman–Crippen MR) is 149 cm³/mol. The van der Waals surface area contributed by atoms with Crippen molar-refractivity contribution in [1.82, 2.24) is 30.1 Å². The standard InChI is InChI=1S/C30H29F2N7O/c1-2-20-9-12-26-22(17-20)18-24(30(40)33-26)28(29-34-35-36-39(29)19-21-7-10-23(31)11-8-21)38-15-13-37(14-16-38)27-6-4-3-5-25(27)32/h3-12,17-18,28H,2,13-16,19H2,1H3,(H,33,40)/t28-/m1/s1. The van der Waals surface area contributed by atoms with E-state index in [4.69, 9.17) is 0 Å². The third kappa shape index (κ3) is 5.10. The molecule has 3 aromatic carbocycles. The number of aryl methyl sites for hydroxylation is 1. The fraction of sp³-hybridized carbons (Fsp3) is 0.267. The van der Waals surface area contributed by atoms with Crippen LogP contribution in [-0.4, -0.2) is 56.3 Å². The van der Waals surface area contributed by atoms with Gasteiger partial charge in [0.25, 0.3) is 5.56 Å². The lowest BCUT2D eigenvalue weighted by Gasteiger charge is -2.39. The summed E-state index contributed by atoms with van der Waals surface area (Å²) in [5.41, 5.74) is 3.65. The number of nitrogens with zero attached hydrogens (tertiary/aromatic N) is 6. The van der Waals surface area contributed by atoms with E-state index in [0.29, 0.717) is 49.8 Å². The smallest absolute Gasteiger partial charge is 0.253 e. The van der Waals surface area contributed by atoms with Crippen LogP contribution >= 0.6 is 0 Å². The summed E-state index contributed by atoms with van der Waals surface area (Å²) in [5.74, 6) is -0.0611. The minimum atomic E-state index is -0.545. The average Bonchev–Trinajstić information content (AvgIpc) is 3.42. The molecule has 0 amide bonds. The van der Waals surface area contributed by atoms with Crippen LogP contribution in [-0.2, 0) is 13.0 Å². The van der Waals surface area contributed by atoms with Crippen LogP contribution in [0.5, 0.6) is 0 Å². The van der Waals surface area contributed by atoms with Gasteiger partial charge in [0.05, 0.1) is 12.2 Å². The van der Waals surface area contributed by atoms with Gasteiger partial charge in [-0.1, -0.05) is 37.3 Å². The minimum absolute atomic E-state index is 0.213. The van der Waals surface area contributed by atoms with Gasteiger partial charge in [-0.3, -0.25) is 9.69 Å². The molecule has 0 saturated carbocycles. The molecule has 2 aromatic heterocycles. The highest BCUT2D eigenvalue weighted by Gasteiger charge is 2.33. The van der Waals surface area contributed by atoms with Crippen molar-refractivity contribution in [1.29, 1.82) is 0 Å². The zero-order chi connectivity index (χ0) is 27.6. The second kappa shape index (κ2) is 11.0. The maximum absolute atomic E-state index is 14.5. The molecule has 1 N–H and O–H groups in total. The molecule has 0 aliphatic carbocycles. The molecule has 1 atom stereocenters. The van der Waals surface area contributed by atoms with Crippen LogP contribution < -0.4 is 10.5 Å². The molecule has 0 radical (unpaired) electrons. The number of anilines is 1. The number of para-hydroxylation sites is 1. The summed E-state index contributed by atoms with van der Waals surface area (Å²) < 4.78 is 29.7. The summed E-state index contributed by atoms with van der Waals surface area (Å²) in [5, 5.41) is 13.5. The van der Waals surface area contributed by atoms with Crippen LogP contribution in [0, 0.1) is 11.6 Å². The first kappa shape index (κ1) is 25.8. The van der Waals surface area contributed by atoms with Crippen molar-refractivity contribution < 1.29 is 8.78 Å². The van der Waals surface area contributed by atoms with Gasteiger partial charge >= 0.3 is 0 Å². The molecule has 8 nitrogen and oxygen atoms in total. The van der Waals surface area contributed by atoms with E-state index in [-0.39, 0.29) is 17.2 Å². The molecule has 1 fully saturated rings. The van der Waals surface area contributed by atoms with Crippen LogP contribution in [0.1, 0.15) is 35.5 Å². The van der Waals surface area contributed by atoms with Crippen molar-refractivity contribution in [2.24, 2.45) is 0 Å². The molecule has 10 heteroatoms. The van der Waals surface area contributed by atoms with E-state index in [1.165, 1.54) is 23.8 Å². The zero-order valence-electron chi connectivity index (χ0n) is 22.1. The van der Waals surface area contributed by atoms with Gasteiger partial charge in [0.15, 0.2) is 5.82 Å². The van der Waals surface area contributed by atoms with E-state index in [9.17, 15) is 13.6 Å². The second-order valence-electron chi connectivity index (χ2n) is 10.0. The number of aromatic amines is 1. The first-order chi connectivity index (χ1) is 19.5. The first-order valence-corrected chi connectivity index (χ1v) is 13.4. The van der Waals surface area contributed by atoms with Crippen LogP contribution in [0.2, 0.25) is 0 Å². The number of fused-ring (bicyclic) bond motifs is 1. The van der Waals surface area contributed by atoms with Gasteiger partial charge in [0.2, 0.25) is 0 Å². The van der Waals surface area contributed by atoms with Gasteiger partial charge in [-0.25, -0.2) is 13.5 Å². The molecule has 0 unspecified atom stereocenters. The monoisotopic (exact) mass is 541 g/mol. The highest BCUT2D eigenvalue weighted by Crippen LogP contribution is 2.30.